The van der Waals surface area contributed by atoms with Crippen LogP contribution in [0.5, 0.6) is 0 Å². The standard InChI is InChI=1S/C18H29N3O2/c1-16(22)21(14-8-13-20(2)3)15-18(23)19-12-7-11-17-9-5-4-6-10-17/h4-6,9-10H,7-8,11-15H2,1-3H3,(H,19,23). The molecule has 5 nitrogen and oxygen atoms in total. The molecule has 0 fully saturated rings. The number of nitrogens with zero attached hydrogens (tertiary/aromatic N) is 2. The molecule has 23 heavy (non-hydrogen) atoms. The minimum Gasteiger partial charge on any atom is -0.355 e. The second-order valence-corrected chi connectivity index (χ2v) is 6.04. The first-order valence-corrected chi connectivity index (χ1v) is 8.20. The van der Waals surface area contributed by atoms with Crippen LogP contribution in [-0.4, -0.2) is 61.9 Å². The zero-order valence-corrected chi connectivity index (χ0v) is 14.5. The van der Waals surface area contributed by atoms with Gasteiger partial charge in [0.1, 0.15) is 0 Å². The largest absolute Gasteiger partial charge is 0.355 e. The summed E-state index contributed by atoms with van der Waals surface area (Å²) in [5.41, 5.74) is 1.27. The van der Waals surface area contributed by atoms with Gasteiger partial charge in [0.25, 0.3) is 0 Å². The van der Waals surface area contributed by atoms with Gasteiger partial charge in [0.2, 0.25) is 11.8 Å². The molecule has 0 bridgehead atoms. The average molecular weight is 319 g/mol. The maximum atomic E-state index is 12.0. The number of carbonyl (C=O) groups excluding carboxylic acids is 2. The molecule has 0 unspecified atom stereocenters. The molecule has 0 heterocycles. The van der Waals surface area contributed by atoms with E-state index in [1.165, 1.54) is 12.5 Å². The first-order valence-electron chi connectivity index (χ1n) is 8.20. The van der Waals surface area contributed by atoms with E-state index in [4.69, 9.17) is 0 Å². The van der Waals surface area contributed by atoms with Crippen LogP contribution in [0.15, 0.2) is 30.3 Å². The van der Waals surface area contributed by atoms with Crippen molar-refractivity contribution in [3.63, 3.8) is 0 Å². The van der Waals surface area contributed by atoms with Gasteiger partial charge < -0.3 is 15.1 Å². The Balaban J connectivity index is 2.22. The normalized spacial score (nSPS) is 10.6. The summed E-state index contributed by atoms with van der Waals surface area (Å²) in [6.45, 7) is 3.82. The van der Waals surface area contributed by atoms with Gasteiger partial charge in [-0.15, -0.1) is 0 Å². The molecule has 2 amide bonds. The fourth-order valence-corrected chi connectivity index (χ4v) is 2.32. The fourth-order valence-electron chi connectivity index (χ4n) is 2.32. The van der Waals surface area contributed by atoms with Crippen LogP contribution in [-0.2, 0) is 16.0 Å². The Hall–Kier alpha value is -1.88. The molecule has 1 aromatic rings. The molecule has 0 spiro atoms. The van der Waals surface area contributed by atoms with Crippen LogP contribution in [0, 0.1) is 0 Å². The van der Waals surface area contributed by atoms with Crippen molar-refractivity contribution in [3.05, 3.63) is 35.9 Å². The summed E-state index contributed by atoms with van der Waals surface area (Å²) in [6, 6.07) is 10.2. The fraction of sp³-hybridized carbons (Fsp3) is 0.556. The Labute approximate surface area is 139 Å². The van der Waals surface area contributed by atoms with E-state index in [1.807, 2.05) is 32.3 Å². The van der Waals surface area contributed by atoms with Gasteiger partial charge in [-0.2, -0.15) is 0 Å². The van der Waals surface area contributed by atoms with Crippen LogP contribution >= 0.6 is 0 Å². The molecule has 0 aliphatic heterocycles. The SMILES string of the molecule is CC(=O)N(CCCN(C)C)CC(=O)NCCCc1ccccc1. The third-order valence-electron chi connectivity index (χ3n) is 3.62. The Morgan fingerprint density at radius 2 is 1.74 bits per heavy atom. The monoisotopic (exact) mass is 319 g/mol. The molecule has 0 aliphatic rings. The van der Waals surface area contributed by atoms with Gasteiger partial charge in [0.15, 0.2) is 0 Å². The van der Waals surface area contributed by atoms with Gasteiger partial charge in [-0.3, -0.25) is 9.59 Å². The second-order valence-electron chi connectivity index (χ2n) is 6.04. The second kappa shape index (κ2) is 10.8. The summed E-state index contributed by atoms with van der Waals surface area (Å²) >= 11 is 0. The highest BCUT2D eigenvalue weighted by Gasteiger charge is 2.12. The summed E-state index contributed by atoms with van der Waals surface area (Å²) in [4.78, 5) is 27.2. The summed E-state index contributed by atoms with van der Waals surface area (Å²) < 4.78 is 0. The number of hydrogen-bond acceptors (Lipinski definition) is 3. The van der Waals surface area contributed by atoms with E-state index in [0.717, 1.165) is 25.8 Å². The lowest BCUT2D eigenvalue weighted by Gasteiger charge is -2.21. The van der Waals surface area contributed by atoms with Gasteiger partial charge in [-0.1, -0.05) is 30.3 Å². The van der Waals surface area contributed by atoms with E-state index in [9.17, 15) is 9.59 Å². The van der Waals surface area contributed by atoms with Crippen LogP contribution in [0.3, 0.4) is 0 Å². The molecule has 0 saturated carbocycles. The highest BCUT2D eigenvalue weighted by molar-refractivity contribution is 5.83. The molecule has 1 rings (SSSR count). The molecule has 0 aliphatic carbocycles. The van der Waals surface area contributed by atoms with E-state index >= 15 is 0 Å². The number of carbonyl (C=O) groups is 2. The smallest absolute Gasteiger partial charge is 0.239 e. The number of amides is 2. The number of aryl methyl sites for hydroxylation is 1. The number of benzene rings is 1. The molecule has 128 valence electrons. The van der Waals surface area contributed by atoms with Gasteiger partial charge in [0.05, 0.1) is 6.54 Å². The number of rotatable bonds is 10. The van der Waals surface area contributed by atoms with Crippen molar-refractivity contribution in [1.29, 1.82) is 0 Å². The highest BCUT2D eigenvalue weighted by Crippen LogP contribution is 2.01. The third kappa shape index (κ3) is 8.98. The van der Waals surface area contributed by atoms with Crippen LogP contribution in [0.2, 0.25) is 0 Å². The molecule has 1 aromatic carbocycles. The Bertz CT molecular complexity index is 474. The molecule has 0 saturated heterocycles. The summed E-state index contributed by atoms with van der Waals surface area (Å²) in [5.74, 6) is -0.138. The molecular weight excluding hydrogens is 290 g/mol. The summed E-state index contributed by atoms with van der Waals surface area (Å²) in [6.07, 6.45) is 2.71. The highest BCUT2D eigenvalue weighted by atomic mass is 16.2. The van der Waals surface area contributed by atoms with E-state index in [1.54, 1.807) is 4.90 Å². The summed E-state index contributed by atoms with van der Waals surface area (Å²) in [7, 11) is 4.00. The van der Waals surface area contributed by atoms with Crippen molar-refractivity contribution in [2.75, 3.05) is 40.3 Å². The van der Waals surface area contributed by atoms with Crippen molar-refractivity contribution in [1.82, 2.24) is 15.1 Å². The quantitative estimate of drug-likeness (QED) is 0.666. The first-order chi connectivity index (χ1) is 11.0. The maximum Gasteiger partial charge on any atom is 0.239 e. The Morgan fingerprint density at radius 3 is 2.35 bits per heavy atom. The lowest BCUT2D eigenvalue weighted by Crippen LogP contribution is -2.41. The first kappa shape index (κ1) is 19.2. The van der Waals surface area contributed by atoms with Gasteiger partial charge >= 0.3 is 0 Å². The van der Waals surface area contributed by atoms with E-state index in [-0.39, 0.29) is 18.4 Å². The van der Waals surface area contributed by atoms with Crippen molar-refractivity contribution >= 4 is 11.8 Å². The molecule has 0 radical (unpaired) electrons. The third-order valence-corrected chi connectivity index (χ3v) is 3.62. The predicted molar refractivity (Wildman–Crippen MR) is 93.2 cm³/mol. The van der Waals surface area contributed by atoms with Crippen molar-refractivity contribution < 1.29 is 9.59 Å². The number of hydrogen-bond donors (Lipinski definition) is 1. The summed E-state index contributed by atoms with van der Waals surface area (Å²) in [5, 5.41) is 2.89. The van der Waals surface area contributed by atoms with Crippen molar-refractivity contribution in [2.24, 2.45) is 0 Å². The van der Waals surface area contributed by atoms with Crippen molar-refractivity contribution in [2.45, 2.75) is 26.2 Å². The molecule has 0 atom stereocenters. The van der Waals surface area contributed by atoms with Gasteiger partial charge in [-0.05, 0) is 45.5 Å². The van der Waals surface area contributed by atoms with E-state index < -0.39 is 0 Å². The topological polar surface area (TPSA) is 52.7 Å². The van der Waals surface area contributed by atoms with Gasteiger partial charge in [-0.25, -0.2) is 0 Å². The Morgan fingerprint density at radius 1 is 1.04 bits per heavy atom. The van der Waals surface area contributed by atoms with Crippen molar-refractivity contribution in [3.8, 4) is 0 Å². The van der Waals surface area contributed by atoms with E-state index in [2.05, 4.69) is 22.3 Å². The molecule has 1 N–H and O–H groups in total. The lowest BCUT2D eigenvalue weighted by molar-refractivity contribution is -0.134. The molecule has 5 heteroatoms. The molecular formula is C18H29N3O2. The number of nitrogens with one attached hydrogen (secondary N) is 1. The minimum atomic E-state index is -0.0851. The minimum absolute atomic E-state index is 0.0526. The van der Waals surface area contributed by atoms with Crippen LogP contribution in [0.1, 0.15) is 25.3 Å². The van der Waals surface area contributed by atoms with Crippen LogP contribution < -0.4 is 5.32 Å². The average Bonchev–Trinajstić information content (AvgIpc) is 2.51. The Kier molecular flexibility index (Phi) is 8.98. The van der Waals surface area contributed by atoms with E-state index in [0.29, 0.717) is 13.1 Å². The van der Waals surface area contributed by atoms with Gasteiger partial charge in [0, 0.05) is 20.0 Å². The zero-order chi connectivity index (χ0) is 17.1. The zero-order valence-electron chi connectivity index (χ0n) is 14.5. The lowest BCUT2D eigenvalue weighted by atomic mass is 10.1. The predicted octanol–water partition coefficient (Wildman–Crippen LogP) is 1.54. The maximum absolute atomic E-state index is 12.0. The van der Waals surface area contributed by atoms with Crippen LogP contribution in [0.4, 0.5) is 0 Å². The molecule has 0 aromatic heterocycles. The van der Waals surface area contributed by atoms with Crippen LogP contribution in [0.25, 0.3) is 0 Å².